The predicted molar refractivity (Wildman–Crippen MR) is 103 cm³/mol. The van der Waals surface area contributed by atoms with Gasteiger partial charge in [-0.1, -0.05) is 31.2 Å². The molecule has 1 N–H and O–H groups in total. The molecule has 2 atom stereocenters. The van der Waals surface area contributed by atoms with Gasteiger partial charge in [0.2, 0.25) is 0 Å². The van der Waals surface area contributed by atoms with E-state index < -0.39 is 6.10 Å². The first-order valence-electron chi connectivity index (χ1n) is 8.92. The van der Waals surface area contributed by atoms with Crippen LogP contribution in [-0.2, 0) is 4.79 Å². The molecule has 3 nitrogen and oxygen atoms in total. The van der Waals surface area contributed by atoms with Crippen LogP contribution >= 0.6 is 0 Å². The van der Waals surface area contributed by atoms with Gasteiger partial charge in [0, 0.05) is 0 Å². The van der Waals surface area contributed by atoms with Crippen LogP contribution in [0.3, 0.4) is 0 Å². The van der Waals surface area contributed by atoms with Crippen molar-refractivity contribution in [1.29, 1.82) is 0 Å². The smallest absolute Gasteiger partial charge is 0.261 e. The lowest BCUT2D eigenvalue weighted by atomic mass is 10.0. The number of hydrogen-bond acceptors (Lipinski definition) is 2. The van der Waals surface area contributed by atoms with Crippen molar-refractivity contribution in [2.45, 2.75) is 60.1 Å². The molecule has 0 saturated heterocycles. The van der Waals surface area contributed by atoms with Gasteiger partial charge in [0.1, 0.15) is 5.75 Å². The maximum atomic E-state index is 12.6. The molecule has 0 saturated carbocycles. The van der Waals surface area contributed by atoms with Crippen molar-refractivity contribution >= 4 is 5.91 Å². The van der Waals surface area contributed by atoms with Crippen LogP contribution in [0.1, 0.15) is 54.1 Å². The predicted octanol–water partition coefficient (Wildman–Crippen LogP) is 4.96. The summed E-state index contributed by atoms with van der Waals surface area (Å²) in [6.07, 6.45) is 0.133. The van der Waals surface area contributed by atoms with Crippen LogP contribution in [0, 0.1) is 27.7 Å². The van der Waals surface area contributed by atoms with Crippen LogP contribution < -0.4 is 10.1 Å². The molecule has 134 valence electrons. The van der Waals surface area contributed by atoms with Crippen molar-refractivity contribution in [2.75, 3.05) is 0 Å². The Morgan fingerprint density at radius 2 is 1.64 bits per heavy atom. The topological polar surface area (TPSA) is 38.3 Å². The Kier molecular flexibility index (Phi) is 6.24. The summed E-state index contributed by atoms with van der Waals surface area (Å²) in [7, 11) is 0. The summed E-state index contributed by atoms with van der Waals surface area (Å²) in [5.41, 5.74) is 5.87. The van der Waals surface area contributed by atoms with Gasteiger partial charge >= 0.3 is 0 Å². The normalized spacial score (nSPS) is 13.2. The van der Waals surface area contributed by atoms with Crippen molar-refractivity contribution < 1.29 is 9.53 Å². The summed E-state index contributed by atoms with van der Waals surface area (Å²) in [5.74, 6) is 0.672. The summed E-state index contributed by atoms with van der Waals surface area (Å²) in [6.45, 7) is 12.2. The number of amides is 1. The molecule has 0 heterocycles. The van der Waals surface area contributed by atoms with Gasteiger partial charge in [-0.05, 0) is 81.0 Å². The Morgan fingerprint density at radius 1 is 1.00 bits per heavy atom. The average molecular weight is 339 g/mol. The summed E-state index contributed by atoms with van der Waals surface area (Å²) < 4.78 is 5.95. The Morgan fingerprint density at radius 3 is 2.20 bits per heavy atom. The summed E-state index contributed by atoms with van der Waals surface area (Å²) in [4.78, 5) is 12.6. The molecule has 0 radical (unpaired) electrons. The van der Waals surface area contributed by atoms with Gasteiger partial charge in [-0.15, -0.1) is 0 Å². The summed E-state index contributed by atoms with van der Waals surface area (Å²) in [5, 5.41) is 3.08. The molecule has 2 aromatic rings. The average Bonchev–Trinajstić information content (AvgIpc) is 2.54. The van der Waals surface area contributed by atoms with Crippen molar-refractivity contribution in [1.82, 2.24) is 5.32 Å². The lowest BCUT2D eigenvalue weighted by Crippen LogP contribution is -2.39. The zero-order valence-corrected chi connectivity index (χ0v) is 16.1. The van der Waals surface area contributed by atoms with E-state index in [0.717, 1.165) is 22.4 Å². The van der Waals surface area contributed by atoms with E-state index in [1.165, 1.54) is 11.1 Å². The molecule has 0 spiro atoms. The number of carbonyl (C=O) groups is 1. The fraction of sp³-hybridized carbons (Fsp3) is 0.409. The molecular formula is C22H29NO2. The zero-order valence-electron chi connectivity index (χ0n) is 16.1. The zero-order chi connectivity index (χ0) is 18.6. The third kappa shape index (κ3) is 5.09. The van der Waals surface area contributed by atoms with E-state index in [1.807, 2.05) is 39.8 Å². The monoisotopic (exact) mass is 339 g/mol. The van der Waals surface area contributed by atoms with Gasteiger partial charge in [0.05, 0.1) is 6.04 Å². The highest BCUT2D eigenvalue weighted by Gasteiger charge is 2.21. The minimum Gasteiger partial charge on any atom is -0.481 e. The second-order valence-electron chi connectivity index (χ2n) is 6.91. The Balaban J connectivity index is 2.07. The van der Waals surface area contributed by atoms with Crippen LogP contribution in [0.4, 0.5) is 0 Å². The quantitative estimate of drug-likeness (QED) is 0.808. The standard InChI is InChI=1S/C22H29NO2/c1-7-21(25-20-11-14(2)10-15(3)12-20)22(24)23-18(6)19-9-8-16(4)17(5)13-19/h8-13,18,21H,7H2,1-6H3,(H,23,24)/t18-,21+/m0/s1. The first kappa shape index (κ1) is 19.0. The lowest BCUT2D eigenvalue weighted by Gasteiger charge is -2.21. The van der Waals surface area contributed by atoms with Crippen LogP contribution in [0.15, 0.2) is 36.4 Å². The molecule has 0 aliphatic rings. The molecule has 0 unspecified atom stereocenters. The second-order valence-corrected chi connectivity index (χ2v) is 6.91. The van der Waals surface area contributed by atoms with E-state index in [0.29, 0.717) is 6.42 Å². The number of ether oxygens (including phenoxy) is 1. The van der Waals surface area contributed by atoms with Crippen molar-refractivity contribution in [2.24, 2.45) is 0 Å². The molecule has 0 aromatic heterocycles. The van der Waals surface area contributed by atoms with E-state index >= 15 is 0 Å². The van der Waals surface area contributed by atoms with Crippen molar-refractivity contribution in [3.63, 3.8) is 0 Å². The second kappa shape index (κ2) is 8.19. The molecule has 2 aromatic carbocycles. The van der Waals surface area contributed by atoms with Crippen LogP contribution in [0.5, 0.6) is 5.75 Å². The highest BCUT2D eigenvalue weighted by molar-refractivity contribution is 5.81. The number of nitrogens with one attached hydrogen (secondary N) is 1. The Hall–Kier alpha value is -2.29. The number of rotatable bonds is 6. The molecular weight excluding hydrogens is 310 g/mol. The summed E-state index contributed by atoms with van der Waals surface area (Å²) >= 11 is 0. The fourth-order valence-corrected chi connectivity index (χ4v) is 2.91. The van der Waals surface area contributed by atoms with Gasteiger partial charge in [-0.2, -0.15) is 0 Å². The van der Waals surface area contributed by atoms with E-state index in [2.05, 4.69) is 43.4 Å². The Bertz CT molecular complexity index is 731. The molecule has 3 heteroatoms. The fourth-order valence-electron chi connectivity index (χ4n) is 2.91. The lowest BCUT2D eigenvalue weighted by molar-refractivity contribution is -0.128. The highest BCUT2D eigenvalue weighted by Crippen LogP contribution is 2.20. The SMILES string of the molecule is CC[C@@H](Oc1cc(C)cc(C)c1)C(=O)N[C@@H](C)c1ccc(C)c(C)c1. The molecule has 25 heavy (non-hydrogen) atoms. The van der Waals surface area contributed by atoms with E-state index in [4.69, 9.17) is 4.74 Å². The van der Waals surface area contributed by atoms with Gasteiger partial charge in [0.25, 0.3) is 5.91 Å². The molecule has 0 aliphatic heterocycles. The maximum Gasteiger partial charge on any atom is 0.261 e. The van der Waals surface area contributed by atoms with Gasteiger partial charge in [-0.3, -0.25) is 4.79 Å². The maximum absolute atomic E-state index is 12.6. The first-order chi connectivity index (χ1) is 11.8. The van der Waals surface area contributed by atoms with E-state index in [9.17, 15) is 4.79 Å². The van der Waals surface area contributed by atoms with Crippen LogP contribution in [0.25, 0.3) is 0 Å². The number of carbonyl (C=O) groups excluding carboxylic acids is 1. The van der Waals surface area contributed by atoms with Gasteiger partial charge in [-0.25, -0.2) is 0 Å². The van der Waals surface area contributed by atoms with Crippen LogP contribution in [-0.4, -0.2) is 12.0 Å². The van der Waals surface area contributed by atoms with Crippen molar-refractivity contribution in [3.8, 4) is 5.75 Å². The molecule has 0 aliphatic carbocycles. The van der Waals surface area contributed by atoms with E-state index in [1.54, 1.807) is 0 Å². The number of hydrogen-bond donors (Lipinski definition) is 1. The van der Waals surface area contributed by atoms with Crippen LogP contribution in [0.2, 0.25) is 0 Å². The summed E-state index contributed by atoms with van der Waals surface area (Å²) in [6, 6.07) is 12.3. The van der Waals surface area contributed by atoms with Gasteiger partial charge in [0.15, 0.2) is 6.10 Å². The number of aryl methyl sites for hydroxylation is 4. The molecule has 0 fully saturated rings. The Labute approximate surface area is 151 Å². The third-order valence-electron chi connectivity index (χ3n) is 4.53. The van der Waals surface area contributed by atoms with E-state index in [-0.39, 0.29) is 11.9 Å². The minimum atomic E-state index is -0.491. The minimum absolute atomic E-state index is 0.0521. The first-order valence-corrected chi connectivity index (χ1v) is 8.92. The third-order valence-corrected chi connectivity index (χ3v) is 4.53. The molecule has 1 amide bonds. The highest BCUT2D eigenvalue weighted by atomic mass is 16.5. The largest absolute Gasteiger partial charge is 0.481 e. The van der Waals surface area contributed by atoms with Gasteiger partial charge < -0.3 is 10.1 Å². The van der Waals surface area contributed by atoms with Crippen molar-refractivity contribution in [3.05, 3.63) is 64.2 Å². The number of benzene rings is 2. The molecule has 0 bridgehead atoms. The molecule has 2 rings (SSSR count).